The number of thioether (sulfide) groups is 1. The predicted octanol–water partition coefficient (Wildman–Crippen LogP) is 3.08. The number of carbonyl (C=O) groups is 1. The predicted molar refractivity (Wildman–Crippen MR) is 81.7 cm³/mol. The average molecular weight is 278 g/mol. The molecule has 19 heavy (non-hydrogen) atoms. The maximum Gasteiger partial charge on any atom is 0.238 e. The zero-order valence-corrected chi connectivity index (χ0v) is 12.5. The molecule has 1 fully saturated rings. The smallest absolute Gasteiger partial charge is 0.238 e. The highest BCUT2D eigenvalue weighted by atomic mass is 32.2. The van der Waals surface area contributed by atoms with Crippen LogP contribution in [0, 0.1) is 5.92 Å². The lowest BCUT2D eigenvalue weighted by molar-refractivity contribution is -0.117. The average Bonchev–Trinajstić information content (AvgIpc) is 2.39. The molecule has 1 aliphatic rings. The van der Waals surface area contributed by atoms with E-state index in [-0.39, 0.29) is 5.91 Å². The zero-order chi connectivity index (χ0) is 13.7. The fraction of sp³-hybridized carbons (Fsp3) is 0.533. The summed E-state index contributed by atoms with van der Waals surface area (Å²) in [5.41, 5.74) is 0.921. The first kappa shape index (κ1) is 14.4. The molecule has 2 rings (SSSR count). The SMILES string of the molecule is CSc1ccccc1NC(=O)CN1CCC[C@H](C)C1. The van der Waals surface area contributed by atoms with Crippen molar-refractivity contribution in [2.75, 3.05) is 31.2 Å². The first-order chi connectivity index (χ1) is 9.19. The van der Waals surface area contributed by atoms with Gasteiger partial charge in [-0.2, -0.15) is 0 Å². The molecule has 0 aromatic heterocycles. The quantitative estimate of drug-likeness (QED) is 0.859. The van der Waals surface area contributed by atoms with Crippen LogP contribution in [0.15, 0.2) is 29.2 Å². The molecule has 1 saturated heterocycles. The Morgan fingerprint density at radius 3 is 3.00 bits per heavy atom. The molecule has 3 nitrogen and oxygen atoms in total. The Morgan fingerprint density at radius 2 is 2.26 bits per heavy atom. The molecule has 1 aromatic rings. The lowest BCUT2D eigenvalue weighted by Crippen LogP contribution is -2.39. The molecule has 0 spiro atoms. The van der Waals surface area contributed by atoms with Gasteiger partial charge >= 0.3 is 0 Å². The van der Waals surface area contributed by atoms with Gasteiger partial charge in [0.25, 0.3) is 0 Å². The summed E-state index contributed by atoms with van der Waals surface area (Å²) in [6.45, 7) is 4.85. The van der Waals surface area contributed by atoms with Gasteiger partial charge in [0.15, 0.2) is 0 Å². The first-order valence-electron chi connectivity index (χ1n) is 6.84. The van der Waals surface area contributed by atoms with E-state index in [9.17, 15) is 4.79 Å². The number of nitrogens with zero attached hydrogens (tertiary/aromatic N) is 1. The lowest BCUT2D eigenvalue weighted by atomic mass is 10.0. The number of anilines is 1. The number of carbonyl (C=O) groups excluding carboxylic acids is 1. The van der Waals surface area contributed by atoms with Crippen molar-refractivity contribution in [2.24, 2.45) is 5.92 Å². The number of hydrogen-bond donors (Lipinski definition) is 1. The van der Waals surface area contributed by atoms with E-state index in [0.29, 0.717) is 12.5 Å². The van der Waals surface area contributed by atoms with Gasteiger partial charge < -0.3 is 5.32 Å². The van der Waals surface area contributed by atoms with Crippen molar-refractivity contribution in [3.8, 4) is 0 Å². The molecule has 1 N–H and O–H groups in total. The van der Waals surface area contributed by atoms with E-state index in [0.717, 1.165) is 23.7 Å². The molecule has 1 heterocycles. The molecule has 4 heteroatoms. The third-order valence-corrected chi connectivity index (χ3v) is 4.29. The van der Waals surface area contributed by atoms with Gasteiger partial charge in [0.05, 0.1) is 12.2 Å². The number of amides is 1. The first-order valence-corrected chi connectivity index (χ1v) is 8.06. The number of hydrogen-bond acceptors (Lipinski definition) is 3. The highest BCUT2D eigenvalue weighted by Gasteiger charge is 2.18. The lowest BCUT2D eigenvalue weighted by Gasteiger charge is -2.30. The number of nitrogens with one attached hydrogen (secondary N) is 1. The Kier molecular flexibility index (Phi) is 5.28. The molecule has 0 bridgehead atoms. The van der Waals surface area contributed by atoms with Gasteiger partial charge in [-0.15, -0.1) is 11.8 Å². The second-order valence-electron chi connectivity index (χ2n) is 5.23. The van der Waals surface area contributed by atoms with E-state index in [4.69, 9.17) is 0 Å². The van der Waals surface area contributed by atoms with E-state index >= 15 is 0 Å². The maximum absolute atomic E-state index is 12.1. The summed E-state index contributed by atoms with van der Waals surface area (Å²) in [5.74, 6) is 0.802. The standard InChI is InChI=1S/C15H22N2OS/c1-12-6-5-9-17(10-12)11-15(18)16-13-7-3-4-8-14(13)19-2/h3-4,7-8,12H,5-6,9-11H2,1-2H3,(H,16,18)/t12-/m0/s1. The summed E-state index contributed by atoms with van der Waals surface area (Å²) >= 11 is 1.66. The van der Waals surface area contributed by atoms with Crippen molar-refractivity contribution in [1.29, 1.82) is 0 Å². The minimum Gasteiger partial charge on any atom is -0.324 e. The third-order valence-electron chi connectivity index (χ3n) is 3.49. The molecular formula is C15H22N2OS. The Labute approximate surface area is 119 Å². The second kappa shape index (κ2) is 6.96. The van der Waals surface area contributed by atoms with Crippen molar-refractivity contribution in [3.05, 3.63) is 24.3 Å². The van der Waals surface area contributed by atoms with Crippen LogP contribution in [0.5, 0.6) is 0 Å². The minimum absolute atomic E-state index is 0.0931. The van der Waals surface area contributed by atoms with Crippen molar-refractivity contribution in [1.82, 2.24) is 4.90 Å². The zero-order valence-electron chi connectivity index (χ0n) is 11.7. The molecule has 0 saturated carbocycles. The number of rotatable bonds is 4. The van der Waals surface area contributed by atoms with Gasteiger partial charge in [0.2, 0.25) is 5.91 Å². The van der Waals surface area contributed by atoms with Crippen LogP contribution >= 0.6 is 11.8 Å². The molecule has 1 amide bonds. The van der Waals surface area contributed by atoms with Crippen molar-refractivity contribution >= 4 is 23.4 Å². The van der Waals surface area contributed by atoms with E-state index in [2.05, 4.69) is 17.1 Å². The molecule has 0 aliphatic carbocycles. The maximum atomic E-state index is 12.1. The fourth-order valence-corrected chi connectivity index (χ4v) is 3.12. The Morgan fingerprint density at radius 1 is 1.47 bits per heavy atom. The highest BCUT2D eigenvalue weighted by Crippen LogP contribution is 2.24. The molecular weight excluding hydrogens is 256 g/mol. The van der Waals surface area contributed by atoms with Crippen molar-refractivity contribution < 1.29 is 4.79 Å². The number of piperidine rings is 1. The Bertz CT molecular complexity index is 436. The van der Waals surface area contributed by atoms with Crippen molar-refractivity contribution in [3.63, 3.8) is 0 Å². The molecule has 0 unspecified atom stereocenters. The van der Waals surface area contributed by atoms with Crippen molar-refractivity contribution in [2.45, 2.75) is 24.7 Å². The van der Waals surface area contributed by atoms with Crippen LogP contribution in [-0.2, 0) is 4.79 Å². The highest BCUT2D eigenvalue weighted by molar-refractivity contribution is 7.98. The third kappa shape index (κ3) is 4.25. The van der Waals surface area contributed by atoms with E-state index in [1.165, 1.54) is 12.8 Å². The monoisotopic (exact) mass is 278 g/mol. The molecule has 0 radical (unpaired) electrons. The van der Waals surface area contributed by atoms with Gasteiger partial charge in [-0.05, 0) is 43.7 Å². The molecule has 1 aliphatic heterocycles. The van der Waals surface area contributed by atoms with Gasteiger partial charge in [0, 0.05) is 11.4 Å². The summed E-state index contributed by atoms with van der Waals surface area (Å²) in [7, 11) is 0. The van der Waals surface area contributed by atoms with E-state index < -0.39 is 0 Å². The largest absolute Gasteiger partial charge is 0.324 e. The number of benzene rings is 1. The Hall–Kier alpha value is -1.00. The fourth-order valence-electron chi connectivity index (χ4n) is 2.57. The number of para-hydroxylation sites is 1. The van der Waals surface area contributed by atoms with Crippen LogP contribution in [-0.4, -0.2) is 36.7 Å². The Balaban J connectivity index is 1.90. The van der Waals surface area contributed by atoms with Crippen LogP contribution in [0.25, 0.3) is 0 Å². The molecule has 104 valence electrons. The minimum atomic E-state index is 0.0931. The number of likely N-dealkylation sites (tertiary alicyclic amines) is 1. The molecule has 1 aromatic carbocycles. The van der Waals surface area contributed by atoms with E-state index in [1.54, 1.807) is 11.8 Å². The molecule has 1 atom stereocenters. The van der Waals surface area contributed by atoms with Crippen LogP contribution < -0.4 is 5.32 Å². The van der Waals surface area contributed by atoms with Gasteiger partial charge in [0.1, 0.15) is 0 Å². The van der Waals surface area contributed by atoms with Crippen LogP contribution in [0.1, 0.15) is 19.8 Å². The summed E-state index contributed by atoms with van der Waals surface area (Å²) in [4.78, 5) is 15.5. The summed E-state index contributed by atoms with van der Waals surface area (Å²) in [6, 6.07) is 7.94. The summed E-state index contributed by atoms with van der Waals surface area (Å²) in [6.07, 6.45) is 4.51. The topological polar surface area (TPSA) is 32.3 Å². The second-order valence-corrected chi connectivity index (χ2v) is 6.08. The van der Waals surface area contributed by atoms with Crippen LogP contribution in [0.4, 0.5) is 5.69 Å². The van der Waals surface area contributed by atoms with Gasteiger partial charge in [-0.1, -0.05) is 19.1 Å². The normalized spacial score (nSPS) is 20.2. The van der Waals surface area contributed by atoms with E-state index in [1.807, 2.05) is 30.5 Å². The van der Waals surface area contributed by atoms with Gasteiger partial charge in [-0.25, -0.2) is 0 Å². The summed E-state index contributed by atoms with van der Waals surface area (Å²) < 4.78 is 0. The van der Waals surface area contributed by atoms with Crippen LogP contribution in [0.3, 0.4) is 0 Å². The summed E-state index contributed by atoms with van der Waals surface area (Å²) in [5, 5.41) is 3.02. The van der Waals surface area contributed by atoms with Gasteiger partial charge in [-0.3, -0.25) is 9.69 Å². The van der Waals surface area contributed by atoms with Crippen LogP contribution in [0.2, 0.25) is 0 Å².